The number of nitrogens with one attached hydrogen (secondary N) is 1. The maximum Gasteiger partial charge on any atom is 0.278 e. The third kappa shape index (κ3) is 4.14. The second kappa shape index (κ2) is 9.16. The van der Waals surface area contributed by atoms with E-state index in [2.05, 4.69) is 21.2 Å². The van der Waals surface area contributed by atoms with Crippen molar-refractivity contribution < 1.29 is 9.59 Å². The molecule has 0 spiro atoms. The summed E-state index contributed by atoms with van der Waals surface area (Å²) in [6, 6.07) is 13.6. The molecule has 2 aliphatic heterocycles. The molecule has 0 radical (unpaired) electrons. The standard InChI is InChI=1S/C24H25N5O2S/c30-23(16-32-18-8-11-25-12-9-18)28-13-4-3-7-22(28)19-15-20(27-26-19)24(31)29-14-10-17-5-1-2-6-21(17)29/h1-2,5-6,8-9,11-12,15,22H,3-4,7,10,13-14,16H2,(H,26,27). The molecule has 0 saturated carbocycles. The van der Waals surface area contributed by atoms with Crippen molar-refractivity contribution in [1.29, 1.82) is 0 Å². The minimum Gasteiger partial charge on any atom is -0.333 e. The fraction of sp³-hybridized carbons (Fsp3) is 0.333. The Hall–Kier alpha value is -3.13. The smallest absolute Gasteiger partial charge is 0.278 e. The minimum absolute atomic E-state index is 0.0748. The molecule has 1 saturated heterocycles. The Bertz CT molecular complexity index is 1120. The average Bonchev–Trinajstić information content (AvgIpc) is 3.51. The van der Waals surface area contributed by atoms with Gasteiger partial charge in [-0.2, -0.15) is 5.10 Å². The zero-order valence-electron chi connectivity index (χ0n) is 17.7. The first-order chi connectivity index (χ1) is 15.7. The van der Waals surface area contributed by atoms with Gasteiger partial charge in [-0.3, -0.25) is 19.7 Å². The van der Waals surface area contributed by atoms with Crippen LogP contribution in [0.3, 0.4) is 0 Å². The summed E-state index contributed by atoms with van der Waals surface area (Å²) in [7, 11) is 0. The molecule has 1 aromatic carbocycles. The number of pyridine rings is 1. The van der Waals surface area contributed by atoms with Gasteiger partial charge in [-0.15, -0.1) is 11.8 Å². The van der Waals surface area contributed by atoms with E-state index >= 15 is 0 Å². The van der Waals surface area contributed by atoms with Gasteiger partial charge in [0, 0.05) is 36.1 Å². The Balaban J connectivity index is 1.29. The number of rotatable bonds is 5. The van der Waals surface area contributed by atoms with Crippen LogP contribution < -0.4 is 4.90 Å². The van der Waals surface area contributed by atoms with Crippen LogP contribution in [-0.2, 0) is 11.2 Å². The number of aromatic nitrogens is 3. The molecule has 0 bridgehead atoms. The number of likely N-dealkylation sites (tertiary alicyclic amines) is 1. The fourth-order valence-corrected chi connectivity index (χ4v) is 5.29. The van der Waals surface area contributed by atoms with E-state index < -0.39 is 0 Å². The number of amides is 2. The summed E-state index contributed by atoms with van der Waals surface area (Å²) in [6.07, 6.45) is 7.24. The Morgan fingerprint density at radius 2 is 1.94 bits per heavy atom. The van der Waals surface area contributed by atoms with Crippen molar-refractivity contribution in [2.24, 2.45) is 0 Å². The number of nitrogens with zero attached hydrogens (tertiary/aromatic N) is 4. The molecule has 1 N–H and O–H groups in total. The molecular weight excluding hydrogens is 422 g/mol. The van der Waals surface area contributed by atoms with Gasteiger partial charge in [-0.25, -0.2) is 0 Å². The third-order valence-electron chi connectivity index (χ3n) is 6.14. The van der Waals surface area contributed by atoms with E-state index in [1.165, 1.54) is 17.3 Å². The first kappa shape index (κ1) is 20.8. The van der Waals surface area contributed by atoms with E-state index in [0.717, 1.165) is 48.5 Å². The van der Waals surface area contributed by atoms with Crippen molar-refractivity contribution in [3.8, 4) is 0 Å². The molecule has 1 fully saturated rings. The van der Waals surface area contributed by atoms with Gasteiger partial charge < -0.3 is 9.80 Å². The summed E-state index contributed by atoms with van der Waals surface area (Å²) in [5, 5.41) is 7.39. The lowest BCUT2D eigenvalue weighted by Crippen LogP contribution is -2.39. The van der Waals surface area contributed by atoms with Gasteiger partial charge in [0.05, 0.1) is 17.5 Å². The number of carbonyl (C=O) groups excluding carboxylic acids is 2. The van der Waals surface area contributed by atoms with Gasteiger partial charge >= 0.3 is 0 Å². The number of aromatic amines is 1. The Labute approximate surface area is 191 Å². The fourth-order valence-electron chi connectivity index (χ4n) is 4.52. The largest absolute Gasteiger partial charge is 0.333 e. The van der Waals surface area contributed by atoms with E-state index in [9.17, 15) is 9.59 Å². The highest BCUT2D eigenvalue weighted by Crippen LogP contribution is 2.33. The summed E-state index contributed by atoms with van der Waals surface area (Å²) in [5.41, 5.74) is 3.39. The van der Waals surface area contributed by atoms with Crippen LogP contribution in [0.15, 0.2) is 59.8 Å². The highest BCUT2D eigenvalue weighted by atomic mass is 32.2. The normalized spacial score (nSPS) is 17.9. The molecule has 164 valence electrons. The monoisotopic (exact) mass is 447 g/mol. The first-order valence-corrected chi connectivity index (χ1v) is 12.0. The number of carbonyl (C=O) groups is 2. The second-order valence-electron chi connectivity index (χ2n) is 8.11. The van der Waals surface area contributed by atoms with E-state index in [1.54, 1.807) is 17.3 Å². The molecule has 32 heavy (non-hydrogen) atoms. The van der Waals surface area contributed by atoms with Gasteiger partial charge in [0.15, 0.2) is 5.69 Å². The molecule has 1 unspecified atom stereocenters. The predicted molar refractivity (Wildman–Crippen MR) is 124 cm³/mol. The molecule has 8 heteroatoms. The molecule has 2 aliphatic rings. The molecule has 2 amide bonds. The number of anilines is 1. The number of hydrogen-bond donors (Lipinski definition) is 1. The zero-order valence-corrected chi connectivity index (χ0v) is 18.6. The minimum atomic E-state index is -0.0978. The van der Waals surface area contributed by atoms with Crippen LogP contribution in [0.1, 0.15) is 47.1 Å². The number of H-pyrrole nitrogens is 1. The molecule has 0 aliphatic carbocycles. The SMILES string of the molecule is O=C(c1cc(C2CCCCN2C(=O)CSc2ccncc2)[nH]n1)N1CCc2ccccc21. The molecule has 2 aromatic heterocycles. The molecule has 3 aromatic rings. The summed E-state index contributed by atoms with van der Waals surface area (Å²) >= 11 is 1.52. The first-order valence-electron chi connectivity index (χ1n) is 11.0. The van der Waals surface area contributed by atoms with Crippen molar-refractivity contribution in [3.05, 3.63) is 71.8 Å². The highest BCUT2D eigenvalue weighted by molar-refractivity contribution is 8.00. The van der Waals surface area contributed by atoms with Gasteiger partial charge in [-0.1, -0.05) is 18.2 Å². The van der Waals surface area contributed by atoms with Crippen molar-refractivity contribution in [2.75, 3.05) is 23.7 Å². The number of fused-ring (bicyclic) bond motifs is 1. The van der Waals surface area contributed by atoms with E-state index in [0.29, 0.717) is 18.0 Å². The molecule has 4 heterocycles. The number of thioether (sulfide) groups is 1. The quantitative estimate of drug-likeness (QED) is 0.601. The van der Waals surface area contributed by atoms with Crippen LogP contribution in [0.4, 0.5) is 5.69 Å². The second-order valence-corrected chi connectivity index (χ2v) is 9.16. The van der Waals surface area contributed by atoms with E-state index in [-0.39, 0.29) is 17.9 Å². The van der Waals surface area contributed by atoms with Crippen molar-refractivity contribution >= 4 is 29.3 Å². The number of piperidine rings is 1. The van der Waals surface area contributed by atoms with E-state index in [4.69, 9.17) is 0 Å². The maximum absolute atomic E-state index is 13.1. The van der Waals surface area contributed by atoms with Crippen LogP contribution in [-0.4, -0.2) is 50.7 Å². The average molecular weight is 448 g/mol. The highest BCUT2D eigenvalue weighted by Gasteiger charge is 2.31. The topological polar surface area (TPSA) is 82.2 Å². The van der Waals surface area contributed by atoms with Crippen molar-refractivity contribution in [2.45, 2.75) is 36.6 Å². The van der Waals surface area contributed by atoms with Crippen molar-refractivity contribution in [3.63, 3.8) is 0 Å². The van der Waals surface area contributed by atoms with E-state index in [1.807, 2.05) is 41.3 Å². The molecule has 1 atom stereocenters. The van der Waals surface area contributed by atoms with Gasteiger partial charge in [-0.05, 0) is 55.5 Å². The molecule has 7 nitrogen and oxygen atoms in total. The van der Waals surface area contributed by atoms with Crippen LogP contribution in [0, 0.1) is 0 Å². The number of benzene rings is 1. The Morgan fingerprint density at radius 3 is 2.81 bits per heavy atom. The van der Waals surface area contributed by atoms with Gasteiger partial charge in [0.1, 0.15) is 0 Å². The van der Waals surface area contributed by atoms with Gasteiger partial charge in [0.25, 0.3) is 5.91 Å². The van der Waals surface area contributed by atoms with Crippen LogP contribution in [0.2, 0.25) is 0 Å². The zero-order chi connectivity index (χ0) is 21.9. The third-order valence-corrected chi connectivity index (χ3v) is 7.14. The van der Waals surface area contributed by atoms with Crippen LogP contribution in [0.25, 0.3) is 0 Å². The Morgan fingerprint density at radius 1 is 1.09 bits per heavy atom. The summed E-state index contributed by atoms with van der Waals surface area (Å²) in [6.45, 7) is 1.39. The maximum atomic E-state index is 13.1. The lowest BCUT2D eigenvalue weighted by atomic mass is 9.99. The lowest BCUT2D eigenvalue weighted by molar-refractivity contribution is -0.132. The molecular formula is C24H25N5O2S. The number of para-hydroxylation sites is 1. The summed E-state index contributed by atoms with van der Waals surface area (Å²) < 4.78 is 0. The van der Waals surface area contributed by atoms with Crippen molar-refractivity contribution in [1.82, 2.24) is 20.1 Å². The lowest BCUT2D eigenvalue weighted by Gasteiger charge is -2.35. The Kier molecular flexibility index (Phi) is 5.94. The predicted octanol–water partition coefficient (Wildman–Crippen LogP) is 3.85. The van der Waals surface area contributed by atoms with Crippen LogP contribution >= 0.6 is 11.8 Å². The summed E-state index contributed by atoms with van der Waals surface area (Å²) in [4.78, 5) is 34.9. The number of hydrogen-bond acceptors (Lipinski definition) is 5. The summed E-state index contributed by atoms with van der Waals surface area (Å²) in [5.74, 6) is 0.386. The van der Waals surface area contributed by atoms with Gasteiger partial charge in [0.2, 0.25) is 5.91 Å². The molecule has 5 rings (SSSR count). The van der Waals surface area contributed by atoms with Crippen LogP contribution in [0.5, 0.6) is 0 Å².